The van der Waals surface area contributed by atoms with Crippen LogP contribution in [0, 0.1) is 5.41 Å². The number of nitrogens with one attached hydrogen (secondary N) is 2. The molecule has 0 aliphatic carbocycles. The summed E-state index contributed by atoms with van der Waals surface area (Å²) in [6.07, 6.45) is 2.61. The van der Waals surface area contributed by atoms with Crippen molar-refractivity contribution in [2.75, 3.05) is 11.9 Å². The van der Waals surface area contributed by atoms with Crippen LogP contribution in [0.3, 0.4) is 0 Å². The van der Waals surface area contributed by atoms with Crippen LogP contribution in [0.25, 0.3) is 5.82 Å². The molecule has 0 aromatic carbocycles. The van der Waals surface area contributed by atoms with E-state index in [2.05, 4.69) is 20.7 Å². The van der Waals surface area contributed by atoms with Gasteiger partial charge in [-0.25, -0.2) is 14.5 Å². The fraction of sp³-hybridized carbons (Fsp3) is 0.400. The third kappa shape index (κ3) is 4.67. The SMILES string of the molecule is CC(C)(C)C(O)CNC(=O)Nc1ccn(-c2ncccc2Cl)n1. The van der Waals surface area contributed by atoms with Crippen LogP contribution < -0.4 is 10.6 Å². The lowest BCUT2D eigenvalue weighted by Crippen LogP contribution is -2.40. The van der Waals surface area contributed by atoms with Crippen molar-refractivity contribution in [3.8, 4) is 5.82 Å². The topological polar surface area (TPSA) is 92.1 Å². The Kier molecular flexibility index (Phi) is 5.23. The van der Waals surface area contributed by atoms with E-state index in [1.807, 2.05) is 20.8 Å². The van der Waals surface area contributed by atoms with Crippen LogP contribution in [-0.2, 0) is 0 Å². The number of amides is 2. The number of hydrogen-bond donors (Lipinski definition) is 3. The summed E-state index contributed by atoms with van der Waals surface area (Å²) in [6, 6.07) is 4.62. The molecule has 2 aromatic heterocycles. The third-order valence-corrected chi connectivity index (χ3v) is 3.54. The zero-order valence-electron chi connectivity index (χ0n) is 13.2. The second kappa shape index (κ2) is 6.97. The Morgan fingerprint density at radius 1 is 1.43 bits per heavy atom. The molecule has 1 atom stereocenters. The van der Waals surface area contributed by atoms with Gasteiger partial charge in [0.1, 0.15) is 0 Å². The van der Waals surface area contributed by atoms with Crippen molar-refractivity contribution in [3.63, 3.8) is 0 Å². The molecule has 2 rings (SSSR count). The summed E-state index contributed by atoms with van der Waals surface area (Å²) in [5.74, 6) is 0.834. The molecule has 0 saturated heterocycles. The van der Waals surface area contributed by atoms with Gasteiger partial charge in [0.25, 0.3) is 0 Å². The molecule has 0 spiro atoms. The zero-order valence-corrected chi connectivity index (χ0v) is 14.0. The number of aromatic nitrogens is 3. The molecule has 2 aromatic rings. The van der Waals surface area contributed by atoms with E-state index in [0.29, 0.717) is 16.7 Å². The van der Waals surface area contributed by atoms with Gasteiger partial charge in [-0.15, -0.1) is 5.10 Å². The first-order valence-electron chi connectivity index (χ1n) is 7.17. The number of urea groups is 1. The van der Waals surface area contributed by atoms with Crippen LogP contribution >= 0.6 is 11.6 Å². The number of aliphatic hydroxyl groups excluding tert-OH is 1. The summed E-state index contributed by atoms with van der Waals surface area (Å²) in [4.78, 5) is 16.0. The van der Waals surface area contributed by atoms with E-state index in [0.717, 1.165) is 0 Å². The van der Waals surface area contributed by atoms with Gasteiger partial charge in [0.2, 0.25) is 0 Å². The molecule has 23 heavy (non-hydrogen) atoms. The minimum atomic E-state index is -0.641. The van der Waals surface area contributed by atoms with Crippen molar-refractivity contribution >= 4 is 23.4 Å². The van der Waals surface area contributed by atoms with E-state index in [1.165, 1.54) is 4.68 Å². The van der Waals surface area contributed by atoms with Gasteiger partial charge in [-0.3, -0.25) is 5.32 Å². The number of aliphatic hydroxyl groups is 1. The first-order chi connectivity index (χ1) is 10.8. The minimum Gasteiger partial charge on any atom is -0.391 e. The van der Waals surface area contributed by atoms with Gasteiger partial charge in [0.05, 0.1) is 11.1 Å². The molecule has 0 aliphatic rings. The number of carbonyl (C=O) groups excluding carboxylic acids is 1. The number of rotatable bonds is 4. The van der Waals surface area contributed by atoms with Crippen molar-refractivity contribution < 1.29 is 9.90 Å². The molecule has 2 amide bonds. The maximum absolute atomic E-state index is 11.8. The average molecular weight is 338 g/mol. The predicted octanol–water partition coefficient (Wildman–Crippen LogP) is 2.45. The monoisotopic (exact) mass is 337 g/mol. The van der Waals surface area contributed by atoms with E-state index in [-0.39, 0.29) is 12.0 Å². The Labute approximate surface area is 139 Å². The van der Waals surface area contributed by atoms with E-state index >= 15 is 0 Å². The third-order valence-electron chi connectivity index (χ3n) is 3.24. The second-order valence-electron chi connectivity index (χ2n) is 6.17. The molecular formula is C15H20ClN5O2. The van der Waals surface area contributed by atoms with Gasteiger partial charge >= 0.3 is 6.03 Å². The van der Waals surface area contributed by atoms with E-state index in [4.69, 9.17) is 11.6 Å². The lowest BCUT2D eigenvalue weighted by atomic mass is 9.89. The molecule has 2 heterocycles. The van der Waals surface area contributed by atoms with E-state index < -0.39 is 12.1 Å². The maximum atomic E-state index is 11.8. The normalized spacial score (nSPS) is 12.7. The van der Waals surface area contributed by atoms with E-state index in [9.17, 15) is 9.90 Å². The van der Waals surface area contributed by atoms with Crippen molar-refractivity contribution in [1.82, 2.24) is 20.1 Å². The number of halogens is 1. The highest BCUT2D eigenvalue weighted by molar-refractivity contribution is 6.32. The Morgan fingerprint density at radius 3 is 2.83 bits per heavy atom. The molecule has 1 unspecified atom stereocenters. The highest BCUT2D eigenvalue weighted by Gasteiger charge is 2.22. The average Bonchev–Trinajstić information content (AvgIpc) is 2.92. The van der Waals surface area contributed by atoms with Crippen LogP contribution in [-0.4, -0.2) is 38.6 Å². The van der Waals surface area contributed by atoms with Gasteiger partial charge in [-0.2, -0.15) is 0 Å². The molecule has 0 bridgehead atoms. The Bertz CT molecular complexity index is 681. The van der Waals surface area contributed by atoms with Crippen molar-refractivity contribution in [3.05, 3.63) is 35.6 Å². The Hall–Kier alpha value is -2.12. The van der Waals surface area contributed by atoms with Crippen LogP contribution in [0.15, 0.2) is 30.6 Å². The number of anilines is 1. The van der Waals surface area contributed by atoms with Crippen LogP contribution in [0.5, 0.6) is 0 Å². The molecule has 0 fully saturated rings. The van der Waals surface area contributed by atoms with Crippen LogP contribution in [0.4, 0.5) is 10.6 Å². The van der Waals surface area contributed by atoms with Gasteiger partial charge in [-0.1, -0.05) is 32.4 Å². The summed E-state index contributed by atoms with van der Waals surface area (Å²) in [7, 11) is 0. The first-order valence-corrected chi connectivity index (χ1v) is 7.54. The highest BCUT2D eigenvalue weighted by atomic mass is 35.5. The van der Waals surface area contributed by atoms with Crippen molar-refractivity contribution in [2.45, 2.75) is 26.9 Å². The smallest absolute Gasteiger partial charge is 0.320 e. The summed E-state index contributed by atoms with van der Waals surface area (Å²) >= 11 is 6.05. The molecule has 0 saturated carbocycles. The van der Waals surface area contributed by atoms with Crippen LogP contribution in [0.2, 0.25) is 5.02 Å². The summed E-state index contributed by atoms with van der Waals surface area (Å²) in [6.45, 7) is 5.85. The lowest BCUT2D eigenvalue weighted by molar-refractivity contribution is 0.0654. The number of hydrogen-bond acceptors (Lipinski definition) is 4. The molecule has 0 radical (unpaired) electrons. The van der Waals surface area contributed by atoms with Crippen molar-refractivity contribution in [2.24, 2.45) is 5.41 Å². The van der Waals surface area contributed by atoms with Gasteiger partial charge < -0.3 is 10.4 Å². The maximum Gasteiger partial charge on any atom is 0.320 e. The Morgan fingerprint density at radius 2 is 2.17 bits per heavy atom. The molecule has 0 aliphatic heterocycles. The fourth-order valence-corrected chi connectivity index (χ4v) is 1.92. The van der Waals surface area contributed by atoms with Gasteiger partial charge in [0, 0.05) is 25.0 Å². The molecule has 7 nitrogen and oxygen atoms in total. The zero-order chi connectivity index (χ0) is 17.0. The molecule has 8 heteroatoms. The highest BCUT2D eigenvalue weighted by Crippen LogP contribution is 2.19. The van der Waals surface area contributed by atoms with Crippen LogP contribution in [0.1, 0.15) is 20.8 Å². The number of pyridine rings is 1. The summed E-state index contributed by atoms with van der Waals surface area (Å²) < 4.78 is 1.47. The predicted molar refractivity (Wildman–Crippen MR) is 88.9 cm³/mol. The number of nitrogens with zero attached hydrogens (tertiary/aromatic N) is 3. The first kappa shape index (κ1) is 17.2. The lowest BCUT2D eigenvalue weighted by Gasteiger charge is -2.25. The van der Waals surface area contributed by atoms with Crippen molar-refractivity contribution in [1.29, 1.82) is 0 Å². The molecule has 124 valence electrons. The minimum absolute atomic E-state index is 0.155. The standard InChI is InChI=1S/C15H20ClN5O2/c1-15(2,3)11(22)9-18-14(23)19-12-6-8-21(20-12)13-10(16)5-4-7-17-13/h4-8,11,22H,9H2,1-3H3,(H2,18,19,20,23). The quantitative estimate of drug-likeness (QED) is 0.799. The van der Waals surface area contributed by atoms with Gasteiger partial charge in [0.15, 0.2) is 11.6 Å². The Balaban J connectivity index is 1.94. The fourth-order valence-electron chi connectivity index (χ4n) is 1.71. The molecular weight excluding hydrogens is 318 g/mol. The molecule has 3 N–H and O–H groups in total. The number of carbonyl (C=O) groups is 1. The second-order valence-corrected chi connectivity index (χ2v) is 6.58. The van der Waals surface area contributed by atoms with E-state index in [1.54, 1.807) is 30.6 Å². The summed E-state index contributed by atoms with van der Waals surface area (Å²) in [5, 5.41) is 19.8. The summed E-state index contributed by atoms with van der Waals surface area (Å²) in [5.41, 5.74) is -0.301. The van der Waals surface area contributed by atoms with Gasteiger partial charge in [-0.05, 0) is 17.5 Å². The largest absolute Gasteiger partial charge is 0.391 e.